The van der Waals surface area contributed by atoms with Crippen molar-refractivity contribution in [1.82, 2.24) is 5.32 Å². The van der Waals surface area contributed by atoms with E-state index in [1.165, 1.54) is 0 Å². The van der Waals surface area contributed by atoms with Gasteiger partial charge in [-0.3, -0.25) is 0 Å². The number of carbonyl (C=O) groups is 1. The fraction of sp³-hybridized carbons (Fsp3) is 0.273. The molecule has 1 aromatic carbocycles. The van der Waals surface area contributed by atoms with Crippen LogP contribution in [0.3, 0.4) is 0 Å². The molecule has 2 amide bonds. The van der Waals surface area contributed by atoms with Crippen molar-refractivity contribution in [2.75, 3.05) is 18.5 Å². The Morgan fingerprint density at radius 1 is 1.38 bits per heavy atom. The Morgan fingerprint density at radius 3 is 2.62 bits per heavy atom. The van der Waals surface area contributed by atoms with Gasteiger partial charge in [0.25, 0.3) is 0 Å². The molecular weight excluding hydrogens is 206 g/mol. The van der Waals surface area contributed by atoms with Crippen molar-refractivity contribution >= 4 is 11.7 Å². The highest BCUT2D eigenvalue weighted by Gasteiger charge is 2.00. The van der Waals surface area contributed by atoms with Crippen LogP contribution in [0, 0.1) is 11.3 Å². The third kappa shape index (κ3) is 3.98. The number of aliphatic hydroxyl groups excluding tert-OH is 1. The number of aliphatic hydroxyl groups is 1. The van der Waals surface area contributed by atoms with Gasteiger partial charge in [-0.1, -0.05) is 0 Å². The zero-order valence-corrected chi connectivity index (χ0v) is 8.73. The zero-order valence-electron chi connectivity index (χ0n) is 8.73. The first-order valence-electron chi connectivity index (χ1n) is 4.92. The molecule has 0 saturated heterocycles. The van der Waals surface area contributed by atoms with Gasteiger partial charge in [-0.2, -0.15) is 5.26 Å². The number of urea groups is 1. The Morgan fingerprint density at radius 2 is 2.06 bits per heavy atom. The number of hydrogen-bond donors (Lipinski definition) is 3. The Bertz CT molecular complexity index is 381. The molecule has 0 saturated carbocycles. The van der Waals surface area contributed by atoms with Crippen LogP contribution in [-0.4, -0.2) is 24.3 Å². The molecule has 0 unspecified atom stereocenters. The number of hydrogen-bond acceptors (Lipinski definition) is 3. The molecule has 0 aliphatic rings. The third-order valence-corrected chi connectivity index (χ3v) is 1.89. The van der Waals surface area contributed by atoms with Crippen molar-refractivity contribution < 1.29 is 9.90 Å². The van der Waals surface area contributed by atoms with Gasteiger partial charge in [-0.25, -0.2) is 4.79 Å². The number of amides is 2. The summed E-state index contributed by atoms with van der Waals surface area (Å²) < 4.78 is 0. The minimum absolute atomic E-state index is 0.0527. The van der Waals surface area contributed by atoms with Crippen molar-refractivity contribution in [3.63, 3.8) is 0 Å². The molecule has 0 aliphatic carbocycles. The second kappa shape index (κ2) is 6.43. The Labute approximate surface area is 93.7 Å². The van der Waals surface area contributed by atoms with Gasteiger partial charge in [0.1, 0.15) is 0 Å². The molecular formula is C11H13N3O2. The Kier molecular flexibility index (Phi) is 4.83. The predicted molar refractivity (Wildman–Crippen MR) is 59.9 cm³/mol. The number of rotatable bonds is 4. The number of benzene rings is 1. The summed E-state index contributed by atoms with van der Waals surface area (Å²) in [5, 5.41) is 22.3. The number of nitrogens with one attached hydrogen (secondary N) is 2. The Balaban J connectivity index is 2.41. The van der Waals surface area contributed by atoms with Crippen LogP contribution in [0.1, 0.15) is 12.0 Å². The maximum Gasteiger partial charge on any atom is 0.319 e. The van der Waals surface area contributed by atoms with Gasteiger partial charge in [0, 0.05) is 18.8 Å². The van der Waals surface area contributed by atoms with Crippen LogP contribution in [0.5, 0.6) is 0 Å². The van der Waals surface area contributed by atoms with Crippen LogP contribution < -0.4 is 10.6 Å². The standard InChI is InChI=1S/C11H13N3O2/c12-8-9-2-4-10(5-3-9)14-11(16)13-6-1-7-15/h2-5,15H,1,6-7H2,(H2,13,14,16). The summed E-state index contributed by atoms with van der Waals surface area (Å²) in [6.45, 7) is 0.482. The molecule has 5 nitrogen and oxygen atoms in total. The lowest BCUT2D eigenvalue weighted by Gasteiger charge is -2.06. The third-order valence-electron chi connectivity index (χ3n) is 1.89. The van der Waals surface area contributed by atoms with Crippen LogP contribution in [0.15, 0.2) is 24.3 Å². The molecule has 5 heteroatoms. The van der Waals surface area contributed by atoms with Gasteiger partial charge >= 0.3 is 6.03 Å². The van der Waals surface area contributed by atoms with Crippen molar-refractivity contribution in [3.8, 4) is 6.07 Å². The molecule has 0 aromatic heterocycles. The second-order valence-corrected chi connectivity index (χ2v) is 3.15. The summed E-state index contributed by atoms with van der Waals surface area (Å²) in [7, 11) is 0. The van der Waals surface area contributed by atoms with Gasteiger partial charge < -0.3 is 15.7 Å². The first-order chi connectivity index (χ1) is 7.76. The smallest absolute Gasteiger partial charge is 0.319 e. The van der Waals surface area contributed by atoms with Gasteiger partial charge in [-0.05, 0) is 30.7 Å². The number of carbonyl (C=O) groups excluding carboxylic acids is 1. The summed E-state index contributed by atoms with van der Waals surface area (Å²) in [4.78, 5) is 11.3. The minimum atomic E-state index is -0.321. The Hall–Kier alpha value is -2.06. The molecule has 0 heterocycles. The average molecular weight is 219 g/mol. The quantitative estimate of drug-likeness (QED) is 0.662. The lowest BCUT2D eigenvalue weighted by Crippen LogP contribution is -2.29. The lowest BCUT2D eigenvalue weighted by molar-refractivity contribution is 0.249. The number of nitrogens with zero attached hydrogens (tertiary/aromatic N) is 1. The molecule has 0 fully saturated rings. The van der Waals surface area contributed by atoms with Crippen LogP contribution >= 0.6 is 0 Å². The maximum absolute atomic E-state index is 11.3. The summed E-state index contributed by atoms with van der Waals surface area (Å²) in [5.41, 5.74) is 1.17. The van der Waals surface area contributed by atoms with Crippen molar-refractivity contribution in [3.05, 3.63) is 29.8 Å². The van der Waals surface area contributed by atoms with Crippen molar-refractivity contribution in [2.24, 2.45) is 0 Å². The largest absolute Gasteiger partial charge is 0.396 e. The van der Waals surface area contributed by atoms with Crippen molar-refractivity contribution in [1.29, 1.82) is 5.26 Å². The normalized spacial score (nSPS) is 9.25. The van der Waals surface area contributed by atoms with Crippen LogP contribution in [0.4, 0.5) is 10.5 Å². The molecule has 1 aromatic rings. The van der Waals surface area contributed by atoms with E-state index in [0.717, 1.165) is 0 Å². The molecule has 0 aliphatic heterocycles. The topological polar surface area (TPSA) is 85.2 Å². The number of nitriles is 1. The first kappa shape index (κ1) is 12.0. The van der Waals surface area contributed by atoms with E-state index in [0.29, 0.717) is 24.2 Å². The van der Waals surface area contributed by atoms with E-state index in [1.807, 2.05) is 6.07 Å². The van der Waals surface area contributed by atoms with E-state index in [2.05, 4.69) is 10.6 Å². The zero-order chi connectivity index (χ0) is 11.8. The van der Waals surface area contributed by atoms with Gasteiger partial charge in [0.2, 0.25) is 0 Å². The predicted octanol–water partition coefficient (Wildman–Crippen LogP) is 1.06. The first-order valence-corrected chi connectivity index (χ1v) is 4.92. The molecule has 3 N–H and O–H groups in total. The molecule has 0 bridgehead atoms. The molecule has 84 valence electrons. The molecule has 0 atom stereocenters. The molecule has 1 rings (SSSR count). The van der Waals surface area contributed by atoms with E-state index in [9.17, 15) is 4.79 Å². The molecule has 16 heavy (non-hydrogen) atoms. The van der Waals surface area contributed by atoms with E-state index >= 15 is 0 Å². The van der Waals surface area contributed by atoms with Crippen LogP contribution in [0.2, 0.25) is 0 Å². The summed E-state index contributed by atoms with van der Waals surface area (Å²) in [5.74, 6) is 0. The van der Waals surface area contributed by atoms with E-state index in [-0.39, 0.29) is 12.6 Å². The van der Waals surface area contributed by atoms with E-state index < -0.39 is 0 Å². The monoisotopic (exact) mass is 219 g/mol. The van der Waals surface area contributed by atoms with E-state index in [4.69, 9.17) is 10.4 Å². The SMILES string of the molecule is N#Cc1ccc(NC(=O)NCCCO)cc1. The second-order valence-electron chi connectivity index (χ2n) is 3.15. The van der Waals surface area contributed by atoms with Crippen LogP contribution in [0.25, 0.3) is 0 Å². The van der Waals surface area contributed by atoms with Gasteiger partial charge in [0.15, 0.2) is 0 Å². The fourth-order valence-corrected chi connectivity index (χ4v) is 1.08. The molecule has 0 radical (unpaired) electrons. The summed E-state index contributed by atoms with van der Waals surface area (Å²) >= 11 is 0. The van der Waals surface area contributed by atoms with Crippen LogP contribution in [-0.2, 0) is 0 Å². The molecule has 0 spiro atoms. The highest BCUT2D eigenvalue weighted by molar-refractivity contribution is 5.89. The summed E-state index contributed by atoms with van der Waals surface area (Å²) in [6.07, 6.45) is 0.529. The minimum Gasteiger partial charge on any atom is -0.396 e. The summed E-state index contributed by atoms with van der Waals surface area (Å²) in [6, 6.07) is 8.24. The number of anilines is 1. The average Bonchev–Trinajstić information content (AvgIpc) is 2.30. The van der Waals surface area contributed by atoms with E-state index in [1.54, 1.807) is 24.3 Å². The maximum atomic E-state index is 11.3. The highest BCUT2D eigenvalue weighted by atomic mass is 16.3. The fourth-order valence-electron chi connectivity index (χ4n) is 1.08. The lowest BCUT2D eigenvalue weighted by atomic mass is 10.2. The van der Waals surface area contributed by atoms with Gasteiger partial charge in [0.05, 0.1) is 11.6 Å². The highest BCUT2D eigenvalue weighted by Crippen LogP contribution is 2.08. The van der Waals surface area contributed by atoms with Crippen molar-refractivity contribution in [2.45, 2.75) is 6.42 Å². The van der Waals surface area contributed by atoms with Gasteiger partial charge in [-0.15, -0.1) is 0 Å².